The fraction of sp³-hybridized carbons (Fsp3) is 0.350. The molecule has 2 aromatic rings. The van der Waals surface area contributed by atoms with E-state index in [1.165, 1.54) is 18.2 Å². The van der Waals surface area contributed by atoms with Crippen LogP contribution in [0.5, 0.6) is 0 Å². The molecule has 138 valence electrons. The van der Waals surface area contributed by atoms with Crippen molar-refractivity contribution in [1.29, 1.82) is 0 Å². The van der Waals surface area contributed by atoms with Crippen molar-refractivity contribution >= 4 is 5.91 Å². The lowest BCUT2D eigenvalue weighted by Gasteiger charge is -2.35. The molecule has 1 heterocycles. The second-order valence-electron chi connectivity index (χ2n) is 6.29. The van der Waals surface area contributed by atoms with E-state index in [0.717, 1.165) is 18.7 Å². The van der Waals surface area contributed by atoms with Crippen molar-refractivity contribution in [3.05, 3.63) is 71.3 Å². The molecule has 6 heteroatoms. The predicted octanol–water partition coefficient (Wildman–Crippen LogP) is 2.70. The van der Waals surface area contributed by atoms with Crippen molar-refractivity contribution in [2.24, 2.45) is 0 Å². The summed E-state index contributed by atoms with van der Waals surface area (Å²) >= 11 is 0. The van der Waals surface area contributed by atoms with Gasteiger partial charge in [-0.15, -0.1) is 0 Å². The molecule has 1 saturated heterocycles. The molecule has 1 aliphatic heterocycles. The van der Waals surface area contributed by atoms with Crippen molar-refractivity contribution in [3.8, 4) is 0 Å². The Kier molecular flexibility index (Phi) is 6.30. The normalized spacial score (nSPS) is 16.2. The summed E-state index contributed by atoms with van der Waals surface area (Å²) < 4.78 is 32.3. The standard InChI is InChI=1S/C20H22F2N2O2/c21-17-7-5-15(6-8-17)19(24-9-11-26-12-10-24)14-23-20(25)13-16-3-1-2-4-18(16)22/h1-8,19H,9-14H2,(H,23,25). The van der Waals surface area contributed by atoms with Crippen LogP contribution >= 0.6 is 0 Å². The van der Waals surface area contributed by atoms with Gasteiger partial charge in [-0.3, -0.25) is 9.69 Å². The third kappa shape index (κ3) is 4.86. The van der Waals surface area contributed by atoms with Crippen LogP contribution in [0.25, 0.3) is 0 Å². The molecule has 0 aromatic heterocycles. The van der Waals surface area contributed by atoms with Crippen LogP contribution in [0.1, 0.15) is 17.2 Å². The van der Waals surface area contributed by atoms with Gasteiger partial charge in [-0.2, -0.15) is 0 Å². The molecule has 0 saturated carbocycles. The first kappa shape index (κ1) is 18.5. The molecule has 0 spiro atoms. The first-order valence-electron chi connectivity index (χ1n) is 8.71. The van der Waals surface area contributed by atoms with Crippen LogP contribution in [0.2, 0.25) is 0 Å². The molecule has 3 rings (SSSR count). The highest BCUT2D eigenvalue weighted by atomic mass is 19.1. The summed E-state index contributed by atoms with van der Waals surface area (Å²) in [4.78, 5) is 14.5. The van der Waals surface area contributed by atoms with Gasteiger partial charge in [0.25, 0.3) is 0 Å². The molecule has 0 aliphatic carbocycles. The third-order valence-electron chi connectivity index (χ3n) is 4.54. The van der Waals surface area contributed by atoms with Gasteiger partial charge >= 0.3 is 0 Å². The van der Waals surface area contributed by atoms with E-state index < -0.39 is 0 Å². The van der Waals surface area contributed by atoms with Crippen molar-refractivity contribution < 1.29 is 18.3 Å². The quantitative estimate of drug-likeness (QED) is 0.861. The van der Waals surface area contributed by atoms with E-state index in [2.05, 4.69) is 10.2 Å². The number of hydrogen-bond donors (Lipinski definition) is 1. The van der Waals surface area contributed by atoms with Crippen LogP contribution in [-0.2, 0) is 16.0 Å². The summed E-state index contributed by atoms with van der Waals surface area (Å²) in [6.07, 6.45) is -0.00801. The Morgan fingerprint density at radius 3 is 2.46 bits per heavy atom. The first-order valence-corrected chi connectivity index (χ1v) is 8.71. The second-order valence-corrected chi connectivity index (χ2v) is 6.29. The highest BCUT2D eigenvalue weighted by Gasteiger charge is 2.23. The SMILES string of the molecule is O=C(Cc1ccccc1F)NCC(c1ccc(F)cc1)N1CCOCC1. The number of rotatable bonds is 6. The highest BCUT2D eigenvalue weighted by molar-refractivity contribution is 5.78. The number of ether oxygens (including phenoxy) is 1. The fourth-order valence-corrected chi connectivity index (χ4v) is 3.12. The Hall–Kier alpha value is -2.31. The Bertz CT molecular complexity index is 731. The van der Waals surface area contributed by atoms with E-state index >= 15 is 0 Å². The molecule has 1 unspecified atom stereocenters. The van der Waals surface area contributed by atoms with E-state index in [9.17, 15) is 13.6 Å². The summed E-state index contributed by atoms with van der Waals surface area (Å²) in [6.45, 7) is 3.11. The lowest BCUT2D eigenvalue weighted by atomic mass is 10.0. The van der Waals surface area contributed by atoms with E-state index in [0.29, 0.717) is 25.3 Å². The van der Waals surface area contributed by atoms with Crippen LogP contribution in [0.4, 0.5) is 8.78 Å². The van der Waals surface area contributed by atoms with Gasteiger partial charge in [-0.05, 0) is 29.3 Å². The van der Waals surface area contributed by atoms with Crippen LogP contribution in [0, 0.1) is 11.6 Å². The smallest absolute Gasteiger partial charge is 0.224 e. The van der Waals surface area contributed by atoms with Crippen molar-refractivity contribution in [2.45, 2.75) is 12.5 Å². The number of hydrogen-bond acceptors (Lipinski definition) is 3. The van der Waals surface area contributed by atoms with Crippen LogP contribution < -0.4 is 5.32 Å². The van der Waals surface area contributed by atoms with Crippen LogP contribution in [0.3, 0.4) is 0 Å². The average molecular weight is 360 g/mol. The van der Waals surface area contributed by atoms with Crippen molar-refractivity contribution in [3.63, 3.8) is 0 Å². The molecule has 1 aliphatic rings. The molecular formula is C20H22F2N2O2. The maximum absolute atomic E-state index is 13.7. The number of nitrogens with zero attached hydrogens (tertiary/aromatic N) is 1. The van der Waals surface area contributed by atoms with Gasteiger partial charge in [0.15, 0.2) is 0 Å². The fourth-order valence-electron chi connectivity index (χ4n) is 3.12. The zero-order valence-corrected chi connectivity index (χ0v) is 14.5. The highest BCUT2D eigenvalue weighted by Crippen LogP contribution is 2.21. The zero-order valence-electron chi connectivity index (χ0n) is 14.5. The minimum atomic E-state index is -0.383. The number of halogens is 2. The molecular weight excluding hydrogens is 338 g/mol. The molecule has 4 nitrogen and oxygen atoms in total. The Morgan fingerprint density at radius 1 is 1.08 bits per heavy atom. The topological polar surface area (TPSA) is 41.6 Å². The summed E-state index contributed by atoms with van der Waals surface area (Å²) in [6, 6.07) is 12.5. The second kappa shape index (κ2) is 8.87. The number of morpholine rings is 1. The molecule has 1 N–H and O–H groups in total. The average Bonchev–Trinajstić information content (AvgIpc) is 2.66. The third-order valence-corrected chi connectivity index (χ3v) is 4.54. The van der Waals surface area contributed by atoms with Gasteiger partial charge in [0.1, 0.15) is 11.6 Å². The van der Waals surface area contributed by atoms with Gasteiger partial charge in [0.05, 0.1) is 25.7 Å². The maximum atomic E-state index is 13.7. The molecule has 2 aromatic carbocycles. The lowest BCUT2D eigenvalue weighted by Crippen LogP contribution is -2.44. The predicted molar refractivity (Wildman–Crippen MR) is 94.6 cm³/mol. The van der Waals surface area contributed by atoms with Crippen LogP contribution in [-0.4, -0.2) is 43.7 Å². The van der Waals surface area contributed by atoms with E-state index in [-0.39, 0.29) is 30.0 Å². The summed E-state index contributed by atoms with van der Waals surface area (Å²) in [5.41, 5.74) is 1.30. The van der Waals surface area contributed by atoms with Gasteiger partial charge in [0.2, 0.25) is 5.91 Å². The Labute approximate surface area is 151 Å². The van der Waals surface area contributed by atoms with Crippen molar-refractivity contribution in [2.75, 3.05) is 32.8 Å². The number of carbonyl (C=O) groups is 1. The van der Waals surface area contributed by atoms with Gasteiger partial charge in [0, 0.05) is 19.6 Å². The largest absolute Gasteiger partial charge is 0.379 e. The monoisotopic (exact) mass is 360 g/mol. The molecule has 1 fully saturated rings. The minimum Gasteiger partial charge on any atom is -0.379 e. The van der Waals surface area contributed by atoms with Gasteiger partial charge in [-0.25, -0.2) is 8.78 Å². The van der Waals surface area contributed by atoms with Gasteiger partial charge < -0.3 is 10.1 Å². The molecule has 0 radical (unpaired) electrons. The van der Waals surface area contributed by atoms with E-state index in [1.54, 1.807) is 30.3 Å². The number of nitrogens with one attached hydrogen (secondary N) is 1. The molecule has 1 amide bonds. The number of carbonyl (C=O) groups excluding carboxylic acids is 1. The van der Waals surface area contributed by atoms with Crippen LogP contribution in [0.15, 0.2) is 48.5 Å². The summed E-state index contributed by atoms with van der Waals surface area (Å²) in [5, 5.41) is 2.89. The zero-order chi connectivity index (χ0) is 18.4. The number of benzene rings is 2. The number of amides is 1. The van der Waals surface area contributed by atoms with E-state index in [4.69, 9.17) is 4.74 Å². The molecule has 0 bridgehead atoms. The maximum Gasteiger partial charge on any atom is 0.224 e. The van der Waals surface area contributed by atoms with Crippen molar-refractivity contribution in [1.82, 2.24) is 10.2 Å². The minimum absolute atomic E-state index is 0.00801. The first-order chi connectivity index (χ1) is 12.6. The van der Waals surface area contributed by atoms with E-state index in [1.807, 2.05) is 0 Å². The lowest BCUT2D eigenvalue weighted by molar-refractivity contribution is -0.120. The Balaban J connectivity index is 1.66. The molecule has 26 heavy (non-hydrogen) atoms. The summed E-state index contributed by atoms with van der Waals surface area (Å²) in [7, 11) is 0. The van der Waals surface area contributed by atoms with Gasteiger partial charge in [-0.1, -0.05) is 30.3 Å². The Morgan fingerprint density at radius 2 is 1.77 bits per heavy atom. The summed E-state index contributed by atoms with van der Waals surface area (Å²) in [5.74, 6) is -0.917. The molecule has 1 atom stereocenters.